The standard InChI is InChI=1S/C15H17ClN4O2/c1-9(2)14(21)19-11-5-3-10(4-6-11)7-17-12-8-18-20-15(22)13(12)16/h3-6,8-9H,7H2,1-2H3,(H,19,21)(H2,17,20,22). The second kappa shape index (κ2) is 7.09. The highest BCUT2D eigenvalue weighted by atomic mass is 35.5. The molecule has 1 heterocycles. The molecule has 0 bridgehead atoms. The predicted octanol–water partition coefficient (Wildman–Crippen LogP) is 2.63. The van der Waals surface area contributed by atoms with Crippen LogP contribution >= 0.6 is 11.6 Å². The van der Waals surface area contributed by atoms with Crippen molar-refractivity contribution in [2.75, 3.05) is 10.6 Å². The Morgan fingerprint density at radius 2 is 2.00 bits per heavy atom. The summed E-state index contributed by atoms with van der Waals surface area (Å²) in [6.45, 7) is 4.17. The van der Waals surface area contributed by atoms with Crippen LogP contribution in [0, 0.1) is 5.92 Å². The van der Waals surface area contributed by atoms with E-state index >= 15 is 0 Å². The third kappa shape index (κ3) is 4.08. The summed E-state index contributed by atoms with van der Waals surface area (Å²) in [7, 11) is 0. The van der Waals surface area contributed by atoms with E-state index in [0.717, 1.165) is 11.3 Å². The number of rotatable bonds is 5. The van der Waals surface area contributed by atoms with Crippen molar-refractivity contribution in [3.8, 4) is 0 Å². The van der Waals surface area contributed by atoms with Crippen LogP contribution in [0.25, 0.3) is 0 Å². The number of carbonyl (C=O) groups is 1. The molecule has 0 unspecified atom stereocenters. The Bertz CT molecular complexity index is 710. The molecule has 1 aromatic carbocycles. The number of nitrogens with one attached hydrogen (secondary N) is 3. The van der Waals surface area contributed by atoms with E-state index < -0.39 is 5.56 Å². The van der Waals surface area contributed by atoms with Crippen molar-refractivity contribution in [1.82, 2.24) is 10.2 Å². The number of aromatic amines is 1. The van der Waals surface area contributed by atoms with Crippen molar-refractivity contribution >= 4 is 28.9 Å². The summed E-state index contributed by atoms with van der Waals surface area (Å²) in [6.07, 6.45) is 1.46. The lowest BCUT2D eigenvalue weighted by atomic mass is 10.1. The highest BCUT2D eigenvalue weighted by Crippen LogP contribution is 2.16. The van der Waals surface area contributed by atoms with Gasteiger partial charge in [0.05, 0.1) is 11.9 Å². The molecule has 0 radical (unpaired) electrons. The van der Waals surface area contributed by atoms with E-state index in [2.05, 4.69) is 20.8 Å². The lowest BCUT2D eigenvalue weighted by Gasteiger charge is -2.10. The molecule has 3 N–H and O–H groups in total. The molecule has 7 heteroatoms. The minimum atomic E-state index is -0.432. The summed E-state index contributed by atoms with van der Waals surface area (Å²) in [5.41, 5.74) is 1.78. The van der Waals surface area contributed by atoms with Crippen LogP contribution in [0.4, 0.5) is 11.4 Å². The molecule has 0 atom stereocenters. The topological polar surface area (TPSA) is 86.9 Å². The number of hydrogen-bond acceptors (Lipinski definition) is 4. The number of H-pyrrole nitrogens is 1. The van der Waals surface area contributed by atoms with Gasteiger partial charge in [-0.1, -0.05) is 37.6 Å². The van der Waals surface area contributed by atoms with Crippen LogP contribution in [0.15, 0.2) is 35.3 Å². The van der Waals surface area contributed by atoms with Crippen LogP contribution in [0.1, 0.15) is 19.4 Å². The number of hydrogen-bond donors (Lipinski definition) is 3. The SMILES string of the molecule is CC(C)C(=O)Nc1ccc(CNc2cn[nH]c(=O)c2Cl)cc1. The van der Waals surface area contributed by atoms with Gasteiger partial charge in [0.2, 0.25) is 5.91 Å². The van der Waals surface area contributed by atoms with Crippen molar-refractivity contribution in [3.05, 3.63) is 51.4 Å². The number of benzene rings is 1. The minimum absolute atomic E-state index is 0.0211. The lowest BCUT2D eigenvalue weighted by molar-refractivity contribution is -0.118. The van der Waals surface area contributed by atoms with Gasteiger partial charge in [-0.25, -0.2) is 5.10 Å². The number of halogens is 1. The largest absolute Gasteiger partial charge is 0.378 e. The van der Waals surface area contributed by atoms with E-state index in [1.807, 2.05) is 38.1 Å². The van der Waals surface area contributed by atoms with E-state index in [1.54, 1.807) is 0 Å². The van der Waals surface area contributed by atoms with Crippen LogP contribution in [0.5, 0.6) is 0 Å². The summed E-state index contributed by atoms with van der Waals surface area (Å²) in [5.74, 6) is -0.0839. The second-order valence-electron chi connectivity index (χ2n) is 5.12. The molecule has 0 saturated carbocycles. The Labute approximate surface area is 132 Å². The van der Waals surface area contributed by atoms with Gasteiger partial charge in [-0.15, -0.1) is 0 Å². The Morgan fingerprint density at radius 3 is 2.64 bits per heavy atom. The normalized spacial score (nSPS) is 10.5. The molecule has 6 nitrogen and oxygen atoms in total. The van der Waals surface area contributed by atoms with Gasteiger partial charge in [-0.2, -0.15) is 5.10 Å². The zero-order valence-electron chi connectivity index (χ0n) is 12.3. The van der Waals surface area contributed by atoms with Gasteiger partial charge in [0.15, 0.2) is 0 Å². The zero-order chi connectivity index (χ0) is 16.1. The number of carbonyl (C=O) groups excluding carboxylic acids is 1. The van der Waals surface area contributed by atoms with Crippen LogP contribution in [-0.4, -0.2) is 16.1 Å². The minimum Gasteiger partial charge on any atom is -0.378 e. The molecular weight excluding hydrogens is 304 g/mol. The van der Waals surface area contributed by atoms with Gasteiger partial charge in [0.1, 0.15) is 5.02 Å². The Hall–Kier alpha value is -2.34. The van der Waals surface area contributed by atoms with Gasteiger partial charge < -0.3 is 10.6 Å². The molecule has 116 valence electrons. The van der Waals surface area contributed by atoms with Crippen LogP contribution < -0.4 is 16.2 Å². The summed E-state index contributed by atoms with van der Waals surface area (Å²) >= 11 is 5.88. The molecular formula is C15H17ClN4O2. The summed E-state index contributed by atoms with van der Waals surface area (Å²) in [6, 6.07) is 7.43. The maximum atomic E-state index is 11.6. The van der Waals surface area contributed by atoms with Gasteiger partial charge in [-0.3, -0.25) is 9.59 Å². The molecule has 1 amide bonds. The summed E-state index contributed by atoms with van der Waals surface area (Å²) < 4.78 is 0. The Balaban J connectivity index is 1.98. The monoisotopic (exact) mass is 320 g/mol. The van der Waals surface area contributed by atoms with E-state index in [4.69, 9.17) is 11.6 Å². The van der Waals surface area contributed by atoms with Crippen molar-refractivity contribution in [2.45, 2.75) is 20.4 Å². The maximum absolute atomic E-state index is 11.6. The van der Waals surface area contributed by atoms with Crippen LogP contribution in [0.2, 0.25) is 5.02 Å². The third-order valence-electron chi connectivity index (χ3n) is 3.02. The average molecular weight is 321 g/mol. The molecule has 2 rings (SSSR count). The van der Waals surface area contributed by atoms with E-state index in [1.165, 1.54) is 6.20 Å². The van der Waals surface area contributed by atoms with Gasteiger partial charge in [-0.05, 0) is 17.7 Å². The fourth-order valence-corrected chi connectivity index (χ4v) is 1.85. The van der Waals surface area contributed by atoms with E-state index in [9.17, 15) is 9.59 Å². The van der Waals surface area contributed by atoms with Gasteiger partial charge >= 0.3 is 0 Å². The molecule has 0 spiro atoms. The highest BCUT2D eigenvalue weighted by molar-refractivity contribution is 6.32. The molecule has 0 aliphatic heterocycles. The predicted molar refractivity (Wildman–Crippen MR) is 87.1 cm³/mol. The van der Waals surface area contributed by atoms with Crippen molar-refractivity contribution in [2.24, 2.45) is 5.92 Å². The highest BCUT2D eigenvalue weighted by Gasteiger charge is 2.07. The summed E-state index contributed by atoms with van der Waals surface area (Å²) in [5, 5.41) is 11.9. The number of anilines is 2. The Morgan fingerprint density at radius 1 is 1.32 bits per heavy atom. The van der Waals surface area contributed by atoms with E-state index in [-0.39, 0.29) is 16.8 Å². The van der Waals surface area contributed by atoms with Crippen LogP contribution in [0.3, 0.4) is 0 Å². The first-order valence-electron chi connectivity index (χ1n) is 6.84. The second-order valence-corrected chi connectivity index (χ2v) is 5.50. The van der Waals surface area contributed by atoms with E-state index in [0.29, 0.717) is 12.2 Å². The smallest absolute Gasteiger partial charge is 0.285 e. The number of aromatic nitrogens is 2. The first-order chi connectivity index (χ1) is 10.5. The third-order valence-corrected chi connectivity index (χ3v) is 3.40. The zero-order valence-corrected chi connectivity index (χ0v) is 13.1. The molecule has 2 aromatic rings. The average Bonchev–Trinajstić information content (AvgIpc) is 2.50. The lowest BCUT2D eigenvalue weighted by Crippen LogP contribution is -2.17. The van der Waals surface area contributed by atoms with Crippen molar-refractivity contribution in [3.63, 3.8) is 0 Å². The fourth-order valence-electron chi connectivity index (χ4n) is 1.70. The molecule has 1 aromatic heterocycles. The first kappa shape index (κ1) is 16.0. The Kier molecular flexibility index (Phi) is 5.16. The number of nitrogens with zero attached hydrogens (tertiary/aromatic N) is 1. The van der Waals surface area contributed by atoms with Crippen molar-refractivity contribution < 1.29 is 4.79 Å². The van der Waals surface area contributed by atoms with Gasteiger partial charge in [0, 0.05) is 18.2 Å². The molecule has 0 saturated heterocycles. The molecule has 22 heavy (non-hydrogen) atoms. The summed E-state index contributed by atoms with van der Waals surface area (Å²) in [4.78, 5) is 22.9. The quantitative estimate of drug-likeness (QED) is 0.790. The van der Waals surface area contributed by atoms with Crippen molar-refractivity contribution in [1.29, 1.82) is 0 Å². The molecule has 0 aliphatic carbocycles. The maximum Gasteiger partial charge on any atom is 0.285 e. The van der Waals surface area contributed by atoms with Gasteiger partial charge in [0.25, 0.3) is 5.56 Å². The van der Waals surface area contributed by atoms with Crippen LogP contribution in [-0.2, 0) is 11.3 Å². The number of amides is 1. The fraction of sp³-hybridized carbons (Fsp3) is 0.267. The molecule has 0 aliphatic rings. The molecule has 0 fully saturated rings. The first-order valence-corrected chi connectivity index (χ1v) is 7.22.